The SMILES string of the molecule is Fc1ccc2c3c([nH]c2c1)CCN(c1ccc2nc(N4CCOCC4)sc2c1)C3. The summed E-state index contributed by atoms with van der Waals surface area (Å²) in [6, 6.07) is 11.6. The highest BCUT2D eigenvalue weighted by Gasteiger charge is 2.22. The summed E-state index contributed by atoms with van der Waals surface area (Å²) in [4.78, 5) is 13.0. The van der Waals surface area contributed by atoms with Crippen molar-refractivity contribution in [1.82, 2.24) is 9.97 Å². The summed E-state index contributed by atoms with van der Waals surface area (Å²) >= 11 is 1.76. The molecule has 0 saturated carbocycles. The molecule has 0 spiro atoms. The maximum absolute atomic E-state index is 13.6. The number of nitrogens with zero attached hydrogens (tertiary/aromatic N) is 3. The monoisotopic (exact) mass is 408 g/mol. The van der Waals surface area contributed by atoms with Gasteiger partial charge in [-0.3, -0.25) is 0 Å². The lowest BCUT2D eigenvalue weighted by Crippen LogP contribution is -2.36. The molecule has 0 unspecified atom stereocenters. The minimum absolute atomic E-state index is 0.195. The van der Waals surface area contributed by atoms with Gasteiger partial charge in [0.2, 0.25) is 0 Å². The van der Waals surface area contributed by atoms with E-state index in [2.05, 4.69) is 33.0 Å². The van der Waals surface area contributed by atoms with E-state index in [1.54, 1.807) is 23.5 Å². The molecule has 0 radical (unpaired) electrons. The van der Waals surface area contributed by atoms with Crippen LogP contribution < -0.4 is 9.80 Å². The van der Waals surface area contributed by atoms with Crippen molar-refractivity contribution in [2.45, 2.75) is 13.0 Å². The summed E-state index contributed by atoms with van der Waals surface area (Å²) in [6.07, 6.45) is 0.936. The number of anilines is 2. The highest BCUT2D eigenvalue weighted by molar-refractivity contribution is 7.22. The van der Waals surface area contributed by atoms with Gasteiger partial charge in [0.05, 0.1) is 23.4 Å². The molecule has 148 valence electrons. The summed E-state index contributed by atoms with van der Waals surface area (Å²) < 4.78 is 20.3. The Morgan fingerprint density at radius 3 is 2.83 bits per heavy atom. The molecule has 4 heterocycles. The van der Waals surface area contributed by atoms with Gasteiger partial charge < -0.3 is 19.5 Å². The number of rotatable bonds is 2. The van der Waals surface area contributed by atoms with Gasteiger partial charge in [-0.2, -0.15) is 0 Å². The Hall–Kier alpha value is -2.64. The minimum Gasteiger partial charge on any atom is -0.378 e. The quantitative estimate of drug-likeness (QED) is 0.537. The van der Waals surface area contributed by atoms with E-state index < -0.39 is 0 Å². The molecule has 2 aromatic carbocycles. The molecular formula is C22H21FN4OS. The zero-order valence-corrected chi connectivity index (χ0v) is 16.8. The maximum Gasteiger partial charge on any atom is 0.186 e. The molecule has 5 nitrogen and oxygen atoms in total. The van der Waals surface area contributed by atoms with E-state index in [0.29, 0.717) is 0 Å². The zero-order chi connectivity index (χ0) is 19.4. The first-order valence-electron chi connectivity index (χ1n) is 10.0. The Bertz CT molecular complexity index is 1210. The molecule has 0 aliphatic carbocycles. The summed E-state index contributed by atoms with van der Waals surface area (Å²) in [5, 5.41) is 2.21. The van der Waals surface area contributed by atoms with E-state index in [9.17, 15) is 4.39 Å². The van der Waals surface area contributed by atoms with Crippen molar-refractivity contribution in [3.05, 3.63) is 53.5 Å². The van der Waals surface area contributed by atoms with Crippen molar-refractivity contribution >= 4 is 43.3 Å². The van der Waals surface area contributed by atoms with Crippen molar-refractivity contribution in [1.29, 1.82) is 0 Å². The van der Waals surface area contributed by atoms with Gasteiger partial charge in [-0.05, 0) is 36.4 Å². The first-order valence-corrected chi connectivity index (χ1v) is 10.8. The third kappa shape index (κ3) is 2.96. The fourth-order valence-electron chi connectivity index (χ4n) is 4.40. The van der Waals surface area contributed by atoms with Gasteiger partial charge in [-0.25, -0.2) is 9.37 Å². The number of ether oxygens (including phenoxy) is 1. The van der Waals surface area contributed by atoms with E-state index in [1.807, 2.05) is 6.07 Å². The minimum atomic E-state index is -0.195. The van der Waals surface area contributed by atoms with Crippen molar-refractivity contribution in [3.63, 3.8) is 0 Å². The second-order valence-electron chi connectivity index (χ2n) is 7.69. The lowest BCUT2D eigenvalue weighted by Gasteiger charge is -2.29. The Kier molecular flexibility index (Phi) is 3.99. The highest BCUT2D eigenvalue weighted by Crippen LogP contribution is 2.35. The van der Waals surface area contributed by atoms with E-state index in [-0.39, 0.29) is 5.82 Å². The largest absolute Gasteiger partial charge is 0.378 e. The van der Waals surface area contributed by atoms with Crippen LogP contribution in [0, 0.1) is 5.82 Å². The molecule has 1 N–H and O–H groups in total. The van der Waals surface area contributed by atoms with Crippen LogP contribution in [-0.4, -0.2) is 42.8 Å². The number of benzene rings is 2. The number of halogens is 1. The number of nitrogens with one attached hydrogen (secondary N) is 1. The van der Waals surface area contributed by atoms with E-state index in [4.69, 9.17) is 9.72 Å². The van der Waals surface area contributed by atoms with Gasteiger partial charge >= 0.3 is 0 Å². The van der Waals surface area contributed by atoms with Crippen LogP contribution in [0.1, 0.15) is 11.3 Å². The first-order chi connectivity index (χ1) is 14.2. The van der Waals surface area contributed by atoms with Gasteiger partial charge in [0.1, 0.15) is 5.82 Å². The van der Waals surface area contributed by atoms with Crippen molar-refractivity contribution in [3.8, 4) is 0 Å². The third-order valence-corrected chi connectivity index (χ3v) is 7.02. The maximum atomic E-state index is 13.6. The molecule has 2 aliphatic rings. The number of hydrogen-bond donors (Lipinski definition) is 1. The van der Waals surface area contributed by atoms with Crippen molar-refractivity contribution < 1.29 is 9.13 Å². The van der Waals surface area contributed by atoms with Crippen LogP contribution >= 0.6 is 11.3 Å². The number of aromatic nitrogens is 2. The van der Waals surface area contributed by atoms with Crippen LogP contribution in [0.5, 0.6) is 0 Å². The Morgan fingerprint density at radius 1 is 1.03 bits per heavy atom. The Balaban J connectivity index is 1.32. The van der Waals surface area contributed by atoms with Gasteiger partial charge in [-0.15, -0.1) is 0 Å². The number of H-pyrrole nitrogens is 1. The van der Waals surface area contributed by atoms with Gasteiger partial charge in [0.25, 0.3) is 0 Å². The Morgan fingerprint density at radius 2 is 1.93 bits per heavy atom. The number of hydrogen-bond acceptors (Lipinski definition) is 5. The molecule has 7 heteroatoms. The number of fused-ring (bicyclic) bond motifs is 4. The molecule has 1 saturated heterocycles. The smallest absolute Gasteiger partial charge is 0.186 e. The van der Waals surface area contributed by atoms with Crippen LogP contribution in [0.25, 0.3) is 21.1 Å². The molecule has 0 atom stereocenters. The van der Waals surface area contributed by atoms with Crippen molar-refractivity contribution in [2.75, 3.05) is 42.6 Å². The predicted molar refractivity (Wildman–Crippen MR) is 116 cm³/mol. The average Bonchev–Trinajstić information content (AvgIpc) is 3.34. The van der Waals surface area contributed by atoms with E-state index in [1.165, 1.54) is 21.6 Å². The molecule has 2 aromatic heterocycles. The zero-order valence-electron chi connectivity index (χ0n) is 15.9. The Labute approximate surface area is 171 Å². The normalized spacial score (nSPS) is 17.3. The number of aromatic amines is 1. The van der Waals surface area contributed by atoms with Crippen LogP contribution in [0.15, 0.2) is 36.4 Å². The molecule has 1 fully saturated rings. The molecule has 6 rings (SSSR count). The second-order valence-corrected chi connectivity index (χ2v) is 8.70. The standard InChI is InChI=1S/C22H21FN4OS/c23-14-1-3-16-17-13-27(6-5-18(17)24-20(16)11-14)15-2-4-19-21(12-15)29-22(25-19)26-7-9-28-10-8-26/h1-4,11-12,24H,5-10,13H2. The molecule has 0 bridgehead atoms. The first kappa shape index (κ1) is 17.2. The average molecular weight is 409 g/mol. The van der Waals surface area contributed by atoms with E-state index in [0.717, 1.165) is 67.4 Å². The van der Waals surface area contributed by atoms with Crippen LogP contribution in [0.4, 0.5) is 15.2 Å². The molecule has 0 amide bonds. The summed E-state index contributed by atoms with van der Waals surface area (Å²) in [6.45, 7) is 5.13. The van der Waals surface area contributed by atoms with Gasteiger partial charge in [-0.1, -0.05) is 11.3 Å². The second kappa shape index (κ2) is 6.71. The molecular weight excluding hydrogens is 387 g/mol. The molecule has 2 aliphatic heterocycles. The fraction of sp³-hybridized carbons (Fsp3) is 0.318. The fourth-order valence-corrected chi connectivity index (χ4v) is 5.45. The highest BCUT2D eigenvalue weighted by atomic mass is 32.1. The number of morpholine rings is 1. The lowest BCUT2D eigenvalue weighted by atomic mass is 10.0. The summed E-state index contributed by atoms with van der Waals surface area (Å²) in [5.74, 6) is -0.195. The van der Waals surface area contributed by atoms with E-state index >= 15 is 0 Å². The van der Waals surface area contributed by atoms with Gasteiger partial charge in [0.15, 0.2) is 5.13 Å². The topological polar surface area (TPSA) is 44.4 Å². The summed E-state index contributed by atoms with van der Waals surface area (Å²) in [7, 11) is 0. The third-order valence-electron chi connectivity index (χ3n) is 5.94. The van der Waals surface area contributed by atoms with Crippen LogP contribution in [0.3, 0.4) is 0 Å². The molecule has 29 heavy (non-hydrogen) atoms. The lowest BCUT2D eigenvalue weighted by molar-refractivity contribution is 0.122. The van der Waals surface area contributed by atoms with Crippen LogP contribution in [-0.2, 0) is 17.7 Å². The molecule has 4 aromatic rings. The summed E-state index contributed by atoms with van der Waals surface area (Å²) in [5.41, 5.74) is 5.68. The number of thiazole rings is 1. The van der Waals surface area contributed by atoms with Crippen molar-refractivity contribution in [2.24, 2.45) is 0 Å². The predicted octanol–water partition coefficient (Wildman–Crippen LogP) is 4.32. The van der Waals surface area contributed by atoms with Gasteiger partial charge in [0, 0.05) is 60.4 Å². The van der Waals surface area contributed by atoms with Crippen LogP contribution in [0.2, 0.25) is 0 Å².